The van der Waals surface area contributed by atoms with Crippen molar-refractivity contribution in [1.82, 2.24) is 9.55 Å². The fourth-order valence-electron chi connectivity index (χ4n) is 5.74. The van der Waals surface area contributed by atoms with Gasteiger partial charge in [-0.3, -0.25) is 9.36 Å². The van der Waals surface area contributed by atoms with E-state index in [0.29, 0.717) is 37.7 Å². The molecule has 2 aromatic carbocycles. The summed E-state index contributed by atoms with van der Waals surface area (Å²) < 4.78 is 56.2. The quantitative estimate of drug-likeness (QED) is 0.438. The summed E-state index contributed by atoms with van der Waals surface area (Å²) in [6, 6.07) is 18.5. The van der Waals surface area contributed by atoms with Gasteiger partial charge in [-0.05, 0) is 49.4 Å². The predicted octanol–water partition coefficient (Wildman–Crippen LogP) is 4.57. The van der Waals surface area contributed by atoms with E-state index >= 15 is 0 Å². The summed E-state index contributed by atoms with van der Waals surface area (Å²) in [5, 5.41) is 0. The zero-order chi connectivity index (χ0) is 27.2. The van der Waals surface area contributed by atoms with E-state index in [4.69, 9.17) is 9.47 Å². The van der Waals surface area contributed by atoms with Crippen molar-refractivity contribution >= 4 is 11.8 Å². The summed E-state index contributed by atoms with van der Waals surface area (Å²) in [6.07, 6.45) is -2.18. The fourth-order valence-corrected chi connectivity index (χ4v) is 5.74. The van der Waals surface area contributed by atoms with Crippen molar-refractivity contribution in [3.05, 3.63) is 82.1 Å². The number of nitrogens with zero attached hydrogens (tertiary/aromatic N) is 4. The van der Waals surface area contributed by atoms with E-state index in [9.17, 15) is 18.0 Å². The molecule has 7 nitrogen and oxygen atoms in total. The number of alkyl halides is 3. The molecule has 6 rings (SSSR count). The number of aromatic nitrogens is 2. The van der Waals surface area contributed by atoms with Crippen molar-refractivity contribution in [1.29, 1.82) is 0 Å². The Morgan fingerprint density at radius 1 is 1.03 bits per heavy atom. The van der Waals surface area contributed by atoms with Gasteiger partial charge in [-0.2, -0.15) is 18.2 Å². The van der Waals surface area contributed by atoms with E-state index in [1.807, 2.05) is 59.5 Å². The number of anilines is 2. The number of fused-ring (bicyclic) bond motifs is 3. The minimum absolute atomic E-state index is 0.0600. The van der Waals surface area contributed by atoms with E-state index in [2.05, 4.69) is 4.98 Å². The smallest absolute Gasteiger partial charge is 0.413 e. The van der Waals surface area contributed by atoms with Crippen LogP contribution >= 0.6 is 0 Å². The number of morpholine rings is 1. The summed E-state index contributed by atoms with van der Waals surface area (Å²) in [5.41, 5.74) is -0.791. The highest BCUT2D eigenvalue weighted by molar-refractivity contribution is 5.50. The van der Waals surface area contributed by atoms with Crippen LogP contribution in [0.1, 0.15) is 30.9 Å². The third-order valence-corrected chi connectivity index (χ3v) is 8.05. The maximum atomic E-state index is 14.4. The summed E-state index contributed by atoms with van der Waals surface area (Å²) in [4.78, 5) is 20.9. The SMILES string of the molecule is CC1(C(F)(F)F)Cn2c(nc(N3CC4CCC(C3)O4)cc2=O)N1CCc1ccc(OCc2ccccc2)cc1. The molecule has 0 spiro atoms. The molecule has 1 aromatic heterocycles. The van der Waals surface area contributed by atoms with Crippen LogP contribution in [-0.2, 0) is 24.3 Å². The van der Waals surface area contributed by atoms with Crippen LogP contribution < -0.4 is 20.1 Å². The number of ether oxygens (including phenoxy) is 2. The lowest BCUT2D eigenvalue weighted by Crippen LogP contribution is -2.56. The number of hydrogen-bond donors (Lipinski definition) is 0. The summed E-state index contributed by atoms with van der Waals surface area (Å²) in [7, 11) is 0. The average Bonchev–Trinajstić information content (AvgIpc) is 3.42. The largest absolute Gasteiger partial charge is 0.489 e. The Labute approximate surface area is 224 Å². The van der Waals surface area contributed by atoms with Crippen molar-refractivity contribution in [3.63, 3.8) is 0 Å². The molecule has 39 heavy (non-hydrogen) atoms. The highest BCUT2D eigenvalue weighted by Crippen LogP contribution is 2.43. The average molecular weight is 541 g/mol. The van der Waals surface area contributed by atoms with Gasteiger partial charge in [0.15, 0.2) is 5.54 Å². The molecule has 2 bridgehead atoms. The fraction of sp³-hybridized carbons (Fsp3) is 0.448. The van der Waals surface area contributed by atoms with Crippen LogP contribution in [-0.4, -0.2) is 53.1 Å². The van der Waals surface area contributed by atoms with Crippen molar-refractivity contribution in [2.75, 3.05) is 29.4 Å². The zero-order valence-electron chi connectivity index (χ0n) is 21.7. The number of benzene rings is 2. The second kappa shape index (κ2) is 9.89. The van der Waals surface area contributed by atoms with Crippen molar-refractivity contribution in [3.8, 4) is 5.75 Å². The van der Waals surface area contributed by atoms with Crippen LogP contribution in [0.5, 0.6) is 5.75 Å². The van der Waals surface area contributed by atoms with Gasteiger partial charge in [0.1, 0.15) is 18.2 Å². The van der Waals surface area contributed by atoms with Gasteiger partial charge in [0, 0.05) is 25.7 Å². The predicted molar refractivity (Wildman–Crippen MR) is 141 cm³/mol. The maximum absolute atomic E-state index is 14.4. The Morgan fingerprint density at radius 3 is 2.38 bits per heavy atom. The molecule has 2 fully saturated rings. The minimum Gasteiger partial charge on any atom is -0.489 e. The molecule has 3 aliphatic rings. The highest BCUT2D eigenvalue weighted by Gasteiger charge is 2.59. The van der Waals surface area contributed by atoms with Crippen LogP contribution in [0.2, 0.25) is 0 Å². The molecule has 10 heteroatoms. The number of rotatable bonds is 7. The van der Waals surface area contributed by atoms with Crippen molar-refractivity contribution in [2.24, 2.45) is 0 Å². The van der Waals surface area contributed by atoms with Crippen molar-refractivity contribution in [2.45, 2.75) is 63.3 Å². The summed E-state index contributed by atoms with van der Waals surface area (Å²) in [5.74, 6) is 1.17. The molecule has 0 radical (unpaired) electrons. The summed E-state index contributed by atoms with van der Waals surface area (Å²) in [6.45, 7) is 2.32. The second-order valence-corrected chi connectivity index (χ2v) is 10.8. The first kappa shape index (κ1) is 25.7. The molecule has 3 aliphatic heterocycles. The molecule has 3 aromatic rings. The monoisotopic (exact) mass is 540 g/mol. The topological polar surface area (TPSA) is 59.8 Å². The minimum atomic E-state index is -4.56. The van der Waals surface area contributed by atoms with Crippen LogP contribution in [0.25, 0.3) is 0 Å². The normalized spacial score (nSPS) is 24.2. The van der Waals surface area contributed by atoms with Gasteiger partial charge in [0.2, 0.25) is 5.95 Å². The van der Waals surface area contributed by atoms with E-state index in [0.717, 1.165) is 35.5 Å². The molecule has 3 atom stereocenters. The van der Waals surface area contributed by atoms with Gasteiger partial charge in [0.25, 0.3) is 5.56 Å². The zero-order valence-corrected chi connectivity index (χ0v) is 21.7. The third kappa shape index (κ3) is 4.97. The van der Waals surface area contributed by atoms with Crippen LogP contribution in [0.4, 0.5) is 24.9 Å². The first-order chi connectivity index (χ1) is 18.7. The first-order valence-electron chi connectivity index (χ1n) is 13.3. The molecule has 2 saturated heterocycles. The van der Waals surface area contributed by atoms with E-state index in [1.165, 1.54) is 11.0 Å². The Balaban J connectivity index is 1.21. The Morgan fingerprint density at radius 2 is 1.72 bits per heavy atom. The van der Waals surface area contributed by atoms with Gasteiger partial charge in [0.05, 0.1) is 18.8 Å². The summed E-state index contributed by atoms with van der Waals surface area (Å²) >= 11 is 0. The third-order valence-electron chi connectivity index (χ3n) is 8.05. The molecule has 0 saturated carbocycles. The Hall–Kier alpha value is -3.53. The molecular formula is C29H31F3N4O3. The molecule has 3 unspecified atom stereocenters. The maximum Gasteiger partial charge on any atom is 0.413 e. The molecule has 4 heterocycles. The lowest BCUT2D eigenvalue weighted by molar-refractivity contribution is -0.182. The Bertz CT molecular complexity index is 1370. The van der Waals surface area contributed by atoms with Crippen LogP contribution in [0.15, 0.2) is 65.5 Å². The molecule has 206 valence electrons. The van der Waals surface area contributed by atoms with E-state index in [-0.39, 0.29) is 24.7 Å². The highest BCUT2D eigenvalue weighted by atomic mass is 19.4. The van der Waals surface area contributed by atoms with Crippen LogP contribution in [0, 0.1) is 0 Å². The standard InChI is InChI=1S/C29H31F3N4O3/c1-28(29(30,31)32)19-35-26(37)15-25(34-16-23-11-12-24(17-34)39-23)33-27(35)36(28)14-13-20-7-9-22(10-8-20)38-18-21-5-3-2-4-6-21/h2-10,15,23-24H,11-14,16-19H2,1H3. The second-order valence-electron chi connectivity index (χ2n) is 10.8. The Kier molecular flexibility index (Phi) is 6.53. The van der Waals surface area contributed by atoms with Gasteiger partial charge >= 0.3 is 6.18 Å². The van der Waals surface area contributed by atoms with Gasteiger partial charge < -0.3 is 19.3 Å². The van der Waals surface area contributed by atoms with Crippen molar-refractivity contribution < 1.29 is 22.6 Å². The van der Waals surface area contributed by atoms with Gasteiger partial charge in [-0.1, -0.05) is 42.5 Å². The molecule has 0 amide bonds. The molecule has 0 aliphatic carbocycles. The number of halogens is 3. The molecule has 0 N–H and O–H groups in total. The van der Waals surface area contributed by atoms with E-state index in [1.54, 1.807) is 0 Å². The van der Waals surface area contributed by atoms with Gasteiger partial charge in [-0.15, -0.1) is 0 Å². The van der Waals surface area contributed by atoms with E-state index < -0.39 is 23.8 Å². The van der Waals surface area contributed by atoms with Crippen LogP contribution in [0.3, 0.4) is 0 Å². The van der Waals surface area contributed by atoms with Gasteiger partial charge in [-0.25, -0.2) is 0 Å². The lowest BCUT2D eigenvalue weighted by Gasteiger charge is -2.37. The number of hydrogen-bond acceptors (Lipinski definition) is 6. The lowest BCUT2D eigenvalue weighted by atomic mass is 10.00. The molecular weight excluding hydrogens is 509 g/mol. The first-order valence-corrected chi connectivity index (χ1v) is 13.3.